The van der Waals surface area contributed by atoms with Crippen molar-refractivity contribution >= 4 is 31.8 Å². The Balaban J connectivity index is 2.06. The minimum Gasteiger partial charge on any atom is -0.272 e. The van der Waals surface area contributed by atoms with Crippen molar-refractivity contribution in [2.24, 2.45) is 4.40 Å². The normalized spacial score (nSPS) is 15.0. The van der Waals surface area contributed by atoms with E-state index in [1.165, 1.54) is 49.4 Å². The van der Waals surface area contributed by atoms with Gasteiger partial charge >= 0.3 is 0 Å². The van der Waals surface area contributed by atoms with Gasteiger partial charge in [0.25, 0.3) is 26.0 Å². The van der Waals surface area contributed by atoms with E-state index >= 15 is 0 Å². The second-order valence-electron chi connectivity index (χ2n) is 5.35. The molecule has 2 aromatic carbocycles. The monoisotopic (exact) mass is 393 g/mol. The number of nitrogens with zero attached hydrogens (tertiary/aromatic N) is 2. The molecule has 1 heterocycles. The standard InChI is InChI=1S/C16H15N3O5S2/c1-2-15(20)19(26(23,24)12-8-4-3-5-9-12)17-16-13-10-6-7-11-14(13)25(21,22)18-16/h3-11H,2H2,1H3,(H,17,18). The van der Waals surface area contributed by atoms with Crippen molar-refractivity contribution in [1.82, 2.24) is 9.84 Å². The SMILES string of the molecule is CCC(=O)N(NC1=NS(=O)(=O)c2ccccc21)S(=O)(=O)c1ccccc1. The van der Waals surface area contributed by atoms with E-state index in [-0.39, 0.29) is 27.6 Å². The van der Waals surface area contributed by atoms with E-state index in [2.05, 4.69) is 9.82 Å². The number of hydrazine groups is 1. The lowest BCUT2D eigenvalue weighted by molar-refractivity contribution is -0.127. The number of hydrogen-bond acceptors (Lipinski definition) is 6. The maximum Gasteiger partial charge on any atom is 0.285 e. The second kappa shape index (κ2) is 6.54. The minimum atomic E-state index is -4.24. The number of carbonyl (C=O) groups excluding carboxylic acids is 1. The van der Waals surface area contributed by atoms with Crippen LogP contribution in [0.5, 0.6) is 0 Å². The predicted molar refractivity (Wildman–Crippen MR) is 94.1 cm³/mol. The Labute approximate surface area is 151 Å². The zero-order valence-corrected chi connectivity index (χ0v) is 15.3. The molecule has 8 nitrogen and oxygen atoms in total. The third-order valence-electron chi connectivity index (χ3n) is 3.65. The van der Waals surface area contributed by atoms with E-state index in [1.54, 1.807) is 12.1 Å². The molecule has 0 spiro atoms. The lowest BCUT2D eigenvalue weighted by Crippen LogP contribution is -2.49. The highest BCUT2D eigenvalue weighted by Crippen LogP contribution is 2.25. The van der Waals surface area contributed by atoms with E-state index in [4.69, 9.17) is 0 Å². The highest BCUT2D eigenvalue weighted by molar-refractivity contribution is 7.91. The maximum absolute atomic E-state index is 12.8. The van der Waals surface area contributed by atoms with Crippen molar-refractivity contribution in [2.75, 3.05) is 0 Å². The van der Waals surface area contributed by atoms with Gasteiger partial charge in [-0.25, -0.2) is 0 Å². The summed E-state index contributed by atoms with van der Waals surface area (Å²) in [5, 5.41) is 0. The summed E-state index contributed by atoms with van der Waals surface area (Å²) >= 11 is 0. The molecule has 1 amide bonds. The Morgan fingerprint density at radius 2 is 1.69 bits per heavy atom. The molecular formula is C16H15N3O5S2. The first-order valence-electron chi connectivity index (χ1n) is 7.61. The van der Waals surface area contributed by atoms with Gasteiger partial charge in [0.2, 0.25) is 0 Å². The molecule has 0 radical (unpaired) electrons. The summed E-state index contributed by atoms with van der Waals surface area (Å²) in [5.41, 5.74) is 2.58. The lowest BCUT2D eigenvalue weighted by atomic mass is 10.2. The molecule has 2 aromatic rings. The molecule has 1 aliphatic heterocycles. The number of nitrogens with one attached hydrogen (secondary N) is 1. The lowest BCUT2D eigenvalue weighted by Gasteiger charge is -2.23. The number of hydrogen-bond donors (Lipinski definition) is 1. The molecule has 1 N–H and O–H groups in total. The van der Waals surface area contributed by atoms with Crippen LogP contribution in [0.1, 0.15) is 18.9 Å². The molecular weight excluding hydrogens is 378 g/mol. The van der Waals surface area contributed by atoms with Gasteiger partial charge in [-0.05, 0) is 24.3 Å². The molecule has 0 aliphatic carbocycles. The van der Waals surface area contributed by atoms with Crippen LogP contribution in [0, 0.1) is 0 Å². The molecule has 26 heavy (non-hydrogen) atoms. The molecule has 1 aliphatic rings. The van der Waals surface area contributed by atoms with Crippen molar-refractivity contribution < 1.29 is 21.6 Å². The van der Waals surface area contributed by atoms with Gasteiger partial charge in [0.1, 0.15) is 4.90 Å². The van der Waals surface area contributed by atoms with Gasteiger partial charge in [-0.3, -0.25) is 10.2 Å². The van der Waals surface area contributed by atoms with Crippen LogP contribution in [0.15, 0.2) is 68.8 Å². The first-order chi connectivity index (χ1) is 12.3. The molecule has 0 atom stereocenters. The number of amidine groups is 1. The average Bonchev–Trinajstić information content (AvgIpc) is 2.90. The number of rotatable bonds is 3. The Hall–Kier alpha value is -2.72. The van der Waals surface area contributed by atoms with Gasteiger partial charge in [0.05, 0.1) is 4.90 Å². The summed E-state index contributed by atoms with van der Waals surface area (Å²) in [6.45, 7) is 1.50. The first-order valence-corrected chi connectivity index (χ1v) is 10.5. The van der Waals surface area contributed by atoms with Crippen LogP contribution >= 0.6 is 0 Å². The molecule has 0 saturated heterocycles. The predicted octanol–water partition coefficient (Wildman–Crippen LogP) is 1.27. The number of carbonyl (C=O) groups is 1. The van der Waals surface area contributed by atoms with Crippen molar-refractivity contribution in [3.05, 3.63) is 60.2 Å². The van der Waals surface area contributed by atoms with Gasteiger partial charge in [-0.2, -0.15) is 16.8 Å². The summed E-state index contributed by atoms with van der Waals surface area (Å²) in [6, 6.07) is 13.3. The number of fused-ring (bicyclic) bond motifs is 1. The maximum atomic E-state index is 12.8. The summed E-state index contributed by atoms with van der Waals surface area (Å²) in [4.78, 5) is 12.1. The van der Waals surface area contributed by atoms with Gasteiger partial charge in [-0.1, -0.05) is 37.3 Å². The summed E-state index contributed by atoms with van der Waals surface area (Å²) in [5.74, 6) is -0.972. The van der Waals surface area contributed by atoms with Crippen molar-refractivity contribution in [2.45, 2.75) is 23.1 Å². The molecule has 136 valence electrons. The summed E-state index contributed by atoms with van der Waals surface area (Å²) in [6.07, 6.45) is -0.110. The Bertz CT molecular complexity index is 1090. The third kappa shape index (κ3) is 3.08. The molecule has 0 saturated carbocycles. The fourth-order valence-electron chi connectivity index (χ4n) is 2.38. The highest BCUT2D eigenvalue weighted by atomic mass is 32.2. The zero-order valence-electron chi connectivity index (χ0n) is 13.7. The molecule has 10 heteroatoms. The van der Waals surface area contributed by atoms with Crippen LogP contribution in [0.25, 0.3) is 0 Å². The molecule has 0 unspecified atom stereocenters. The highest BCUT2D eigenvalue weighted by Gasteiger charge is 2.34. The number of benzene rings is 2. The van der Waals surface area contributed by atoms with Crippen LogP contribution < -0.4 is 5.43 Å². The van der Waals surface area contributed by atoms with Crippen LogP contribution in [0.4, 0.5) is 0 Å². The van der Waals surface area contributed by atoms with Gasteiger partial charge in [0.15, 0.2) is 5.84 Å². The number of sulfonamides is 2. The van der Waals surface area contributed by atoms with Crippen molar-refractivity contribution in [3.63, 3.8) is 0 Å². The Kier molecular flexibility index (Phi) is 4.55. The van der Waals surface area contributed by atoms with Crippen LogP contribution in [-0.4, -0.2) is 33.0 Å². The first kappa shape index (κ1) is 18.1. The van der Waals surface area contributed by atoms with E-state index in [9.17, 15) is 21.6 Å². The quantitative estimate of drug-likeness (QED) is 0.786. The fourth-order valence-corrected chi connectivity index (χ4v) is 4.87. The topological polar surface area (TPSA) is 113 Å². The van der Waals surface area contributed by atoms with E-state index < -0.39 is 26.0 Å². The zero-order chi connectivity index (χ0) is 18.9. The van der Waals surface area contributed by atoms with E-state index in [0.29, 0.717) is 4.41 Å². The molecule has 0 aromatic heterocycles. The largest absolute Gasteiger partial charge is 0.285 e. The smallest absolute Gasteiger partial charge is 0.272 e. The van der Waals surface area contributed by atoms with Crippen molar-refractivity contribution in [1.29, 1.82) is 0 Å². The molecule has 3 rings (SSSR count). The van der Waals surface area contributed by atoms with E-state index in [0.717, 1.165) is 0 Å². The summed E-state index contributed by atoms with van der Waals surface area (Å²) < 4.78 is 53.9. The van der Waals surface area contributed by atoms with E-state index in [1.807, 2.05) is 0 Å². The van der Waals surface area contributed by atoms with Gasteiger partial charge < -0.3 is 0 Å². The van der Waals surface area contributed by atoms with Crippen molar-refractivity contribution in [3.8, 4) is 0 Å². The fraction of sp³-hybridized carbons (Fsp3) is 0.125. The van der Waals surface area contributed by atoms with Gasteiger partial charge in [-0.15, -0.1) is 8.81 Å². The van der Waals surface area contributed by atoms with Crippen LogP contribution in [0.2, 0.25) is 0 Å². The van der Waals surface area contributed by atoms with Crippen LogP contribution in [-0.2, 0) is 24.8 Å². The third-order valence-corrected chi connectivity index (χ3v) is 6.63. The Morgan fingerprint density at radius 3 is 2.35 bits per heavy atom. The van der Waals surface area contributed by atoms with Crippen LogP contribution in [0.3, 0.4) is 0 Å². The molecule has 0 fully saturated rings. The Morgan fingerprint density at radius 1 is 1.08 bits per heavy atom. The summed E-state index contributed by atoms with van der Waals surface area (Å²) in [7, 11) is -8.19. The van der Waals surface area contributed by atoms with Gasteiger partial charge in [0, 0.05) is 12.0 Å². The number of amides is 1. The minimum absolute atomic E-state index is 0.0523. The second-order valence-corrected chi connectivity index (χ2v) is 8.71. The molecule has 0 bridgehead atoms. The average molecular weight is 393 g/mol.